The summed E-state index contributed by atoms with van der Waals surface area (Å²) in [7, 11) is 0. The first-order chi connectivity index (χ1) is 14.4. The lowest BCUT2D eigenvalue weighted by Crippen LogP contribution is -2.17. The molecule has 0 atom stereocenters. The van der Waals surface area contributed by atoms with E-state index in [9.17, 15) is 14.9 Å². The molecule has 1 amide bonds. The molecule has 0 aliphatic heterocycles. The van der Waals surface area contributed by atoms with Gasteiger partial charge in [0.15, 0.2) is 0 Å². The molecule has 2 aromatic carbocycles. The summed E-state index contributed by atoms with van der Waals surface area (Å²) in [6.07, 6.45) is 1.54. The normalized spacial score (nSPS) is 10.8. The van der Waals surface area contributed by atoms with Crippen LogP contribution in [0.2, 0.25) is 5.02 Å². The lowest BCUT2D eigenvalue weighted by molar-refractivity contribution is -0.383. The van der Waals surface area contributed by atoms with Gasteiger partial charge in [-0.25, -0.2) is 10.1 Å². The van der Waals surface area contributed by atoms with Gasteiger partial charge in [-0.05, 0) is 23.8 Å². The van der Waals surface area contributed by atoms with Crippen LogP contribution in [0.25, 0.3) is 0 Å². The summed E-state index contributed by atoms with van der Waals surface area (Å²) in [5, 5.41) is 26.1. The second-order valence-corrected chi connectivity index (χ2v) is 7.09. The average molecular weight is 447 g/mol. The Morgan fingerprint density at radius 3 is 2.87 bits per heavy atom. The minimum Gasteiger partial charge on any atom is -0.334 e. The summed E-state index contributed by atoms with van der Waals surface area (Å²) in [4.78, 5) is 22.6. The summed E-state index contributed by atoms with van der Waals surface area (Å²) >= 11 is 6.92. The molecule has 0 saturated carbocycles. The summed E-state index contributed by atoms with van der Waals surface area (Å²) < 4.78 is 1.14. The van der Waals surface area contributed by atoms with Crippen molar-refractivity contribution < 1.29 is 9.72 Å². The first-order valence-corrected chi connectivity index (χ1v) is 9.71. The summed E-state index contributed by atoms with van der Waals surface area (Å²) in [5.74, 6) is 5.53. The van der Waals surface area contributed by atoms with E-state index in [1.165, 1.54) is 24.4 Å². The van der Waals surface area contributed by atoms with Crippen LogP contribution in [0, 0.1) is 10.1 Å². The number of thioether (sulfide) groups is 1. The maximum Gasteiger partial charge on any atom is 0.292 e. The largest absolute Gasteiger partial charge is 0.334 e. The number of benzene rings is 2. The lowest BCUT2D eigenvalue weighted by atomic mass is 10.2. The summed E-state index contributed by atoms with van der Waals surface area (Å²) in [6, 6.07) is 13.0. The molecule has 0 spiro atoms. The number of carbonyl (C=O) groups excluding carboxylic acids is 1. The molecule has 0 bridgehead atoms. The van der Waals surface area contributed by atoms with Crippen LogP contribution in [-0.4, -0.2) is 37.7 Å². The number of nitrogens with two attached hydrogens (primary N) is 1. The van der Waals surface area contributed by atoms with Gasteiger partial charge in [0, 0.05) is 11.1 Å². The highest BCUT2D eigenvalue weighted by Crippen LogP contribution is 2.24. The van der Waals surface area contributed by atoms with Gasteiger partial charge < -0.3 is 11.2 Å². The van der Waals surface area contributed by atoms with Crippen LogP contribution in [0.1, 0.15) is 5.56 Å². The Morgan fingerprint density at radius 1 is 1.30 bits per heavy atom. The van der Waals surface area contributed by atoms with Crippen molar-refractivity contribution in [3.8, 4) is 0 Å². The second-order valence-electron chi connectivity index (χ2n) is 5.71. The van der Waals surface area contributed by atoms with Crippen molar-refractivity contribution in [2.24, 2.45) is 5.10 Å². The van der Waals surface area contributed by atoms with Crippen LogP contribution in [0.15, 0.2) is 58.8 Å². The van der Waals surface area contributed by atoms with Crippen molar-refractivity contribution in [2.75, 3.05) is 22.3 Å². The van der Waals surface area contributed by atoms with Crippen molar-refractivity contribution >= 4 is 52.8 Å². The van der Waals surface area contributed by atoms with Crippen LogP contribution in [0.5, 0.6) is 0 Å². The number of aromatic nitrogens is 3. The molecule has 0 saturated heterocycles. The molecule has 4 N–H and O–H groups in total. The Morgan fingerprint density at radius 2 is 2.10 bits per heavy atom. The van der Waals surface area contributed by atoms with Gasteiger partial charge in [-0.15, -0.1) is 10.2 Å². The number of hydrogen-bond acceptors (Lipinski definition) is 9. The van der Waals surface area contributed by atoms with Crippen LogP contribution in [0.3, 0.4) is 0 Å². The minimum atomic E-state index is -0.568. The average Bonchev–Trinajstić information content (AvgIpc) is 3.06. The highest BCUT2D eigenvalue weighted by atomic mass is 35.5. The fraction of sp³-hybridized carbons (Fsp3) is 0.0588. The molecule has 1 aromatic heterocycles. The summed E-state index contributed by atoms with van der Waals surface area (Å²) in [5.41, 5.74) is 3.35. The van der Waals surface area contributed by atoms with Crippen LogP contribution < -0.4 is 16.6 Å². The van der Waals surface area contributed by atoms with Gasteiger partial charge in [0.1, 0.15) is 5.69 Å². The molecule has 13 heteroatoms. The zero-order chi connectivity index (χ0) is 21.5. The third-order valence-electron chi connectivity index (χ3n) is 3.60. The SMILES string of the molecule is Nn1c(N/N=C/c2cccc(Cl)c2)nnc1SCC(=O)Nc1ccccc1[N+](=O)[O-]. The fourth-order valence-corrected chi connectivity index (χ4v) is 3.11. The van der Waals surface area contributed by atoms with Crippen molar-refractivity contribution in [1.29, 1.82) is 0 Å². The van der Waals surface area contributed by atoms with E-state index in [1.807, 2.05) is 6.07 Å². The van der Waals surface area contributed by atoms with E-state index < -0.39 is 10.8 Å². The zero-order valence-corrected chi connectivity index (χ0v) is 16.8. The van der Waals surface area contributed by atoms with Gasteiger partial charge in [-0.2, -0.15) is 5.10 Å². The number of nitro benzene ring substituents is 1. The van der Waals surface area contributed by atoms with Gasteiger partial charge in [0.05, 0.1) is 16.9 Å². The predicted molar refractivity (Wildman–Crippen MR) is 115 cm³/mol. The minimum absolute atomic E-state index is 0.0762. The number of anilines is 2. The van der Waals surface area contributed by atoms with E-state index in [4.69, 9.17) is 17.4 Å². The number of amides is 1. The van der Waals surface area contributed by atoms with Crippen molar-refractivity contribution in [3.05, 3.63) is 69.2 Å². The van der Waals surface area contributed by atoms with Crippen molar-refractivity contribution in [3.63, 3.8) is 0 Å². The number of nitrogens with zero attached hydrogens (tertiary/aromatic N) is 5. The zero-order valence-electron chi connectivity index (χ0n) is 15.2. The fourth-order valence-electron chi connectivity index (χ4n) is 2.26. The Hall–Kier alpha value is -3.64. The third-order valence-corrected chi connectivity index (χ3v) is 4.78. The number of para-hydroxylation sites is 2. The standard InChI is InChI=1S/C17H15ClN8O3S/c18-12-5-3-4-11(8-12)9-20-22-16-23-24-17(25(16)19)30-10-15(27)21-13-6-1-2-7-14(13)26(28)29/h1-9H,10,19H2,(H,21,27)(H,22,23)/b20-9+. The molecule has 0 unspecified atom stereocenters. The van der Waals surface area contributed by atoms with E-state index in [1.54, 1.807) is 24.3 Å². The quantitative estimate of drug-likeness (QED) is 0.157. The molecule has 1 heterocycles. The Labute approximate surface area is 179 Å². The number of halogens is 1. The molecule has 0 aliphatic carbocycles. The molecule has 30 heavy (non-hydrogen) atoms. The monoisotopic (exact) mass is 446 g/mol. The second kappa shape index (κ2) is 9.71. The predicted octanol–water partition coefficient (Wildman–Crippen LogP) is 2.73. The number of hydrazone groups is 1. The summed E-state index contributed by atoms with van der Waals surface area (Å²) in [6.45, 7) is 0. The maximum atomic E-state index is 12.1. The third kappa shape index (κ3) is 5.46. The number of hydrogen-bond donors (Lipinski definition) is 3. The Kier molecular flexibility index (Phi) is 6.83. The lowest BCUT2D eigenvalue weighted by Gasteiger charge is -2.05. The maximum absolute atomic E-state index is 12.1. The van der Waals surface area contributed by atoms with E-state index in [0.717, 1.165) is 22.0 Å². The first-order valence-electron chi connectivity index (χ1n) is 8.35. The van der Waals surface area contributed by atoms with Crippen LogP contribution >= 0.6 is 23.4 Å². The highest BCUT2D eigenvalue weighted by Gasteiger charge is 2.16. The molecule has 3 aromatic rings. The van der Waals surface area contributed by atoms with Gasteiger partial charge in [0.25, 0.3) is 11.6 Å². The van der Waals surface area contributed by atoms with Gasteiger partial charge in [0.2, 0.25) is 11.1 Å². The highest BCUT2D eigenvalue weighted by molar-refractivity contribution is 7.99. The smallest absolute Gasteiger partial charge is 0.292 e. The molecule has 3 rings (SSSR count). The Balaban J connectivity index is 1.56. The van der Waals surface area contributed by atoms with Gasteiger partial charge in [-0.3, -0.25) is 14.9 Å². The van der Waals surface area contributed by atoms with Crippen LogP contribution in [-0.2, 0) is 4.79 Å². The van der Waals surface area contributed by atoms with Gasteiger partial charge >= 0.3 is 0 Å². The topological polar surface area (TPSA) is 153 Å². The van der Waals surface area contributed by atoms with Gasteiger partial charge in [-0.1, -0.05) is 47.6 Å². The molecular weight excluding hydrogens is 432 g/mol. The molecule has 0 aliphatic rings. The van der Waals surface area contributed by atoms with E-state index >= 15 is 0 Å². The molecule has 11 nitrogen and oxygen atoms in total. The number of nitrogen functional groups attached to an aromatic ring is 1. The molecule has 0 fully saturated rings. The van der Waals surface area contributed by atoms with E-state index in [0.29, 0.717) is 5.02 Å². The van der Waals surface area contributed by atoms with Crippen molar-refractivity contribution in [2.45, 2.75) is 5.16 Å². The number of carbonyl (C=O) groups is 1. The molecule has 0 radical (unpaired) electrons. The van der Waals surface area contributed by atoms with Crippen molar-refractivity contribution in [1.82, 2.24) is 14.9 Å². The first kappa shape index (κ1) is 21.1. The molecular formula is C17H15ClN8O3S. The van der Waals surface area contributed by atoms with E-state index in [-0.39, 0.29) is 28.2 Å². The number of nitro groups is 1. The Bertz CT molecular complexity index is 1100. The van der Waals surface area contributed by atoms with E-state index in [2.05, 4.69) is 26.0 Å². The number of nitrogens with one attached hydrogen (secondary N) is 2. The van der Waals surface area contributed by atoms with Crippen LogP contribution in [0.4, 0.5) is 17.3 Å². The molecule has 154 valence electrons. The number of rotatable bonds is 8.